The average molecular weight is 281 g/mol. The van der Waals surface area contributed by atoms with Crippen molar-refractivity contribution in [3.63, 3.8) is 0 Å². The van der Waals surface area contributed by atoms with Gasteiger partial charge in [-0.15, -0.1) is 0 Å². The van der Waals surface area contributed by atoms with Crippen LogP contribution in [0.15, 0.2) is 12.2 Å². The monoisotopic (exact) mass is 281 g/mol. The minimum absolute atomic E-state index is 0.0223. The number of aliphatic hydroxyl groups excluding tert-OH is 1. The first kappa shape index (κ1) is 15.0. The molecule has 0 aromatic rings. The van der Waals surface area contributed by atoms with Crippen LogP contribution in [0, 0.1) is 29.6 Å². The van der Waals surface area contributed by atoms with Crippen LogP contribution in [0.1, 0.15) is 26.7 Å². The molecule has 0 aromatic heterocycles. The predicted octanol–water partition coefficient (Wildman–Crippen LogP) is 1.03. The molecule has 3 N–H and O–H groups in total. The van der Waals surface area contributed by atoms with E-state index in [0.29, 0.717) is 12.3 Å². The molecule has 5 atom stereocenters. The smallest absolute Gasteiger partial charge is 0.307 e. The zero-order valence-corrected chi connectivity index (χ0v) is 12.0. The molecule has 3 unspecified atom stereocenters. The highest BCUT2D eigenvalue weighted by Gasteiger charge is 2.51. The molecule has 2 aliphatic rings. The third-order valence-corrected chi connectivity index (χ3v) is 4.37. The summed E-state index contributed by atoms with van der Waals surface area (Å²) in [5.74, 6) is -1.87. The Labute approximate surface area is 119 Å². The van der Waals surface area contributed by atoms with Crippen molar-refractivity contribution < 1.29 is 19.8 Å². The lowest BCUT2D eigenvalue weighted by molar-refractivity contribution is -0.148. The van der Waals surface area contributed by atoms with E-state index < -0.39 is 17.8 Å². The molecular formula is C15H23NO4. The summed E-state index contributed by atoms with van der Waals surface area (Å²) >= 11 is 0. The average Bonchev–Trinajstić information content (AvgIpc) is 2.96. The van der Waals surface area contributed by atoms with E-state index >= 15 is 0 Å². The Morgan fingerprint density at radius 1 is 1.25 bits per heavy atom. The summed E-state index contributed by atoms with van der Waals surface area (Å²) in [6.07, 6.45) is 5.33. The second-order valence-corrected chi connectivity index (χ2v) is 6.36. The third-order valence-electron chi connectivity index (χ3n) is 4.37. The third kappa shape index (κ3) is 2.87. The zero-order chi connectivity index (χ0) is 14.9. The molecule has 0 heterocycles. The number of aliphatic carboxylic acids is 1. The van der Waals surface area contributed by atoms with Gasteiger partial charge in [-0.25, -0.2) is 0 Å². The zero-order valence-electron chi connectivity index (χ0n) is 12.0. The molecule has 5 heteroatoms. The normalized spacial score (nSPS) is 32.6. The van der Waals surface area contributed by atoms with Crippen LogP contribution in [0.5, 0.6) is 0 Å². The predicted molar refractivity (Wildman–Crippen MR) is 73.8 cm³/mol. The molecule has 1 fully saturated rings. The van der Waals surface area contributed by atoms with Crippen LogP contribution >= 0.6 is 0 Å². The van der Waals surface area contributed by atoms with E-state index in [0.717, 1.165) is 6.42 Å². The van der Waals surface area contributed by atoms with Gasteiger partial charge in [-0.05, 0) is 30.6 Å². The van der Waals surface area contributed by atoms with E-state index in [4.69, 9.17) is 0 Å². The van der Waals surface area contributed by atoms with Gasteiger partial charge in [-0.1, -0.05) is 26.0 Å². The van der Waals surface area contributed by atoms with Gasteiger partial charge >= 0.3 is 5.97 Å². The Balaban J connectivity index is 2.04. The van der Waals surface area contributed by atoms with Crippen LogP contribution in [0.2, 0.25) is 0 Å². The highest BCUT2D eigenvalue weighted by Crippen LogP contribution is 2.48. The summed E-state index contributed by atoms with van der Waals surface area (Å²) < 4.78 is 0. The van der Waals surface area contributed by atoms with E-state index in [1.54, 1.807) is 0 Å². The van der Waals surface area contributed by atoms with Gasteiger partial charge in [-0.2, -0.15) is 0 Å². The maximum Gasteiger partial charge on any atom is 0.307 e. The Hall–Kier alpha value is -1.36. The first-order valence-corrected chi connectivity index (χ1v) is 7.26. The number of hydrogen-bond donors (Lipinski definition) is 3. The lowest BCUT2D eigenvalue weighted by Crippen LogP contribution is -2.46. The van der Waals surface area contributed by atoms with Crippen molar-refractivity contribution in [1.29, 1.82) is 0 Å². The van der Waals surface area contributed by atoms with Gasteiger partial charge < -0.3 is 15.5 Å². The molecule has 2 bridgehead atoms. The van der Waals surface area contributed by atoms with Crippen molar-refractivity contribution in [3.05, 3.63) is 12.2 Å². The number of nitrogens with one attached hydrogen (secondary N) is 1. The van der Waals surface area contributed by atoms with Crippen molar-refractivity contribution in [3.8, 4) is 0 Å². The number of carboxylic acid groups (broad SMARTS) is 1. The van der Waals surface area contributed by atoms with Crippen LogP contribution in [0.25, 0.3) is 0 Å². The van der Waals surface area contributed by atoms with Gasteiger partial charge in [-0.3, -0.25) is 9.59 Å². The fourth-order valence-corrected chi connectivity index (χ4v) is 3.56. The molecule has 0 spiro atoms. The second-order valence-electron chi connectivity index (χ2n) is 6.36. The molecule has 1 amide bonds. The number of hydrogen-bond acceptors (Lipinski definition) is 3. The Morgan fingerprint density at radius 2 is 1.85 bits per heavy atom. The van der Waals surface area contributed by atoms with E-state index in [9.17, 15) is 19.8 Å². The molecule has 0 aromatic carbocycles. The SMILES string of the molecule is CC(C)CC(CO)NC(=O)[C@H]1C2C=CC(C2)[C@H]1C(=O)O. The number of rotatable bonds is 6. The van der Waals surface area contributed by atoms with Crippen molar-refractivity contribution >= 4 is 11.9 Å². The maximum atomic E-state index is 12.4. The molecule has 0 aliphatic heterocycles. The van der Waals surface area contributed by atoms with E-state index in [2.05, 4.69) is 5.32 Å². The molecule has 2 rings (SSSR count). The van der Waals surface area contributed by atoms with Gasteiger partial charge in [0.25, 0.3) is 0 Å². The Bertz CT molecular complexity index is 418. The quantitative estimate of drug-likeness (QED) is 0.635. The highest BCUT2D eigenvalue weighted by atomic mass is 16.4. The summed E-state index contributed by atoms with van der Waals surface area (Å²) in [5.41, 5.74) is 0. The second kappa shape index (κ2) is 5.95. The highest BCUT2D eigenvalue weighted by molar-refractivity contribution is 5.87. The maximum absolute atomic E-state index is 12.4. The van der Waals surface area contributed by atoms with Crippen LogP contribution < -0.4 is 5.32 Å². The molecule has 112 valence electrons. The molecular weight excluding hydrogens is 258 g/mol. The number of allylic oxidation sites excluding steroid dienone is 2. The van der Waals surface area contributed by atoms with E-state index in [-0.39, 0.29) is 30.4 Å². The number of carboxylic acids is 1. The molecule has 2 aliphatic carbocycles. The lowest BCUT2D eigenvalue weighted by atomic mass is 9.82. The summed E-state index contributed by atoms with van der Waals surface area (Å²) in [6, 6.07) is -0.292. The van der Waals surface area contributed by atoms with Gasteiger partial charge in [0.15, 0.2) is 0 Å². The summed E-state index contributed by atoms with van der Waals surface area (Å²) in [7, 11) is 0. The lowest BCUT2D eigenvalue weighted by Gasteiger charge is -2.26. The van der Waals surface area contributed by atoms with Crippen LogP contribution in [0.3, 0.4) is 0 Å². The van der Waals surface area contributed by atoms with Crippen molar-refractivity contribution in [2.24, 2.45) is 29.6 Å². The van der Waals surface area contributed by atoms with Gasteiger partial charge in [0.05, 0.1) is 24.5 Å². The standard InChI is InChI=1S/C15H23NO4/c1-8(2)5-11(7-17)16-14(18)12-9-3-4-10(6-9)13(12)15(19)20/h3-4,8-13,17H,5-7H2,1-2H3,(H,16,18)(H,19,20)/t9?,10?,11?,12-,13+/m0/s1. The fraction of sp³-hybridized carbons (Fsp3) is 0.733. The number of carbonyl (C=O) groups is 2. The molecule has 20 heavy (non-hydrogen) atoms. The minimum Gasteiger partial charge on any atom is -0.481 e. The van der Waals surface area contributed by atoms with Crippen LogP contribution in [0.4, 0.5) is 0 Å². The van der Waals surface area contributed by atoms with E-state index in [1.165, 1.54) is 0 Å². The summed E-state index contributed by atoms with van der Waals surface area (Å²) in [6.45, 7) is 3.93. The summed E-state index contributed by atoms with van der Waals surface area (Å²) in [5, 5.41) is 21.5. The fourth-order valence-electron chi connectivity index (χ4n) is 3.56. The Morgan fingerprint density at radius 3 is 2.35 bits per heavy atom. The molecule has 1 saturated carbocycles. The number of amides is 1. The number of fused-ring (bicyclic) bond motifs is 2. The first-order chi connectivity index (χ1) is 9.43. The van der Waals surface area contributed by atoms with Crippen molar-refractivity contribution in [2.75, 3.05) is 6.61 Å². The summed E-state index contributed by atoms with van der Waals surface area (Å²) in [4.78, 5) is 23.8. The largest absolute Gasteiger partial charge is 0.481 e. The number of aliphatic hydroxyl groups is 1. The minimum atomic E-state index is -0.897. The van der Waals surface area contributed by atoms with Gasteiger partial charge in [0.2, 0.25) is 5.91 Å². The van der Waals surface area contributed by atoms with Crippen molar-refractivity contribution in [2.45, 2.75) is 32.7 Å². The molecule has 5 nitrogen and oxygen atoms in total. The molecule has 0 saturated heterocycles. The Kier molecular flexibility index (Phi) is 4.48. The number of carbonyl (C=O) groups excluding carboxylic acids is 1. The topological polar surface area (TPSA) is 86.6 Å². The van der Waals surface area contributed by atoms with Crippen LogP contribution in [-0.4, -0.2) is 34.7 Å². The van der Waals surface area contributed by atoms with Crippen molar-refractivity contribution in [1.82, 2.24) is 5.32 Å². The van der Waals surface area contributed by atoms with Crippen LogP contribution in [-0.2, 0) is 9.59 Å². The van der Waals surface area contributed by atoms with E-state index in [1.807, 2.05) is 26.0 Å². The van der Waals surface area contributed by atoms with Gasteiger partial charge in [0.1, 0.15) is 0 Å². The van der Waals surface area contributed by atoms with Gasteiger partial charge in [0, 0.05) is 0 Å². The first-order valence-electron chi connectivity index (χ1n) is 7.26. The molecule has 0 radical (unpaired) electrons.